The lowest BCUT2D eigenvalue weighted by Crippen LogP contribution is -2.25. The first kappa shape index (κ1) is 26.1. The molecule has 222 valence electrons. The van der Waals surface area contributed by atoms with E-state index in [4.69, 9.17) is 13.9 Å². The second-order valence-corrected chi connectivity index (χ2v) is 12.8. The van der Waals surface area contributed by atoms with Crippen LogP contribution in [0.25, 0.3) is 71.7 Å². The lowest BCUT2D eigenvalue weighted by atomic mass is 9.95. The summed E-state index contributed by atoms with van der Waals surface area (Å²) in [5, 5.41) is 4.85. The molecule has 4 heterocycles. The zero-order valence-electron chi connectivity index (χ0n) is 25.3. The van der Waals surface area contributed by atoms with E-state index in [9.17, 15) is 0 Å². The van der Waals surface area contributed by atoms with Crippen molar-refractivity contribution in [3.63, 3.8) is 0 Å². The van der Waals surface area contributed by atoms with Crippen molar-refractivity contribution < 1.29 is 13.9 Å². The van der Waals surface area contributed by atoms with E-state index in [1.807, 2.05) is 0 Å². The van der Waals surface area contributed by atoms with Crippen LogP contribution in [0.5, 0.6) is 0 Å². The Kier molecular flexibility index (Phi) is 5.77. The fraction of sp³-hybridized carbons (Fsp3) is 0.143. The van der Waals surface area contributed by atoms with Gasteiger partial charge in [-0.15, -0.1) is 0 Å². The van der Waals surface area contributed by atoms with Crippen LogP contribution < -0.4 is 0 Å². The number of para-hydroxylation sites is 1. The molecule has 6 aromatic carbocycles. The number of rotatable bonds is 5. The van der Waals surface area contributed by atoms with Gasteiger partial charge in [-0.3, -0.25) is 0 Å². The van der Waals surface area contributed by atoms with E-state index in [-0.39, 0.29) is 0 Å². The summed E-state index contributed by atoms with van der Waals surface area (Å²) in [5.41, 5.74) is 12.9. The van der Waals surface area contributed by atoms with Gasteiger partial charge in [0, 0.05) is 39.1 Å². The third-order valence-corrected chi connectivity index (χ3v) is 10.0. The van der Waals surface area contributed by atoms with Crippen molar-refractivity contribution in [3.8, 4) is 27.9 Å². The van der Waals surface area contributed by atoms with Crippen molar-refractivity contribution >= 4 is 43.7 Å². The number of hydrogen-bond acceptors (Lipinski definition) is 3. The van der Waals surface area contributed by atoms with E-state index in [1.54, 1.807) is 0 Å². The first-order chi connectivity index (χ1) is 22.8. The minimum absolute atomic E-state index is 0.480. The van der Waals surface area contributed by atoms with Crippen molar-refractivity contribution in [2.24, 2.45) is 0 Å². The van der Waals surface area contributed by atoms with Crippen LogP contribution in [0.3, 0.4) is 0 Å². The second-order valence-electron chi connectivity index (χ2n) is 12.8. The zero-order valence-corrected chi connectivity index (χ0v) is 25.3. The minimum atomic E-state index is 0.480. The number of benzene rings is 6. The maximum absolute atomic E-state index is 6.22. The lowest BCUT2D eigenvalue weighted by molar-refractivity contribution is 0.00839. The number of furan rings is 1. The van der Waals surface area contributed by atoms with Crippen molar-refractivity contribution in [3.05, 3.63) is 139 Å². The maximum Gasteiger partial charge on any atom is 0.135 e. The quantitative estimate of drug-likeness (QED) is 0.198. The van der Waals surface area contributed by atoms with E-state index in [0.717, 1.165) is 43.0 Å². The van der Waals surface area contributed by atoms with Gasteiger partial charge in [-0.2, -0.15) is 0 Å². The molecule has 0 atom stereocenters. The summed E-state index contributed by atoms with van der Waals surface area (Å²) >= 11 is 0. The summed E-state index contributed by atoms with van der Waals surface area (Å²) < 4.78 is 19.6. The molecule has 0 spiro atoms. The fourth-order valence-corrected chi connectivity index (χ4v) is 7.31. The SMILES string of the molecule is c1cc(-c2ccc3oc4ccc(C5COC5)cc4c3c2)cc(-c2ccc3c(c2)c2ccccc2n3-c2cccc(C3COC3)c2)c1. The zero-order chi connectivity index (χ0) is 30.2. The molecule has 0 radical (unpaired) electrons. The van der Waals surface area contributed by atoms with Crippen LogP contribution in [-0.4, -0.2) is 31.0 Å². The average molecular weight is 598 g/mol. The van der Waals surface area contributed by atoms with Gasteiger partial charge in [-0.05, 0) is 94.0 Å². The summed E-state index contributed by atoms with van der Waals surface area (Å²) in [5.74, 6) is 0.966. The van der Waals surface area contributed by atoms with Gasteiger partial charge in [0.25, 0.3) is 0 Å². The van der Waals surface area contributed by atoms with Gasteiger partial charge in [0.2, 0.25) is 0 Å². The molecule has 0 saturated carbocycles. The Morgan fingerprint density at radius 3 is 1.80 bits per heavy atom. The molecule has 46 heavy (non-hydrogen) atoms. The third-order valence-electron chi connectivity index (χ3n) is 10.0. The summed E-state index contributed by atoms with van der Waals surface area (Å²) in [6.45, 7) is 3.22. The highest BCUT2D eigenvalue weighted by Gasteiger charge is 2.23. The normalized spacial score (nSPS) is 15.6. The first-order valence-electron chi connectivity index (χ1n) is 16.1. The van der Waals surface area contributed by atoms with E-state index >= 15 is 0 Å². The molecule has 0 aliphatic carbocycles. The summed E-state index contributed by atoms with van der Waals surface area (Å²) in [6.07, 6.45) is 0. The molecule has 2 aromatic heterocycles. The minimum Gasteiger partial charge on any atom is -0.456 e. The number of nitrogens with zero attached hydrogens (tertiary/aromatic N) is 1. The Hall–Kier alpha value is -5.16. The maximum atomic E-state index is 6.22. The highest BCUT2D eigenvalue weighted by Crippen LogP contribution is 2.38. The molecule has 0 unspecified atom stereocenters. The predicted molar refractivity (Wildman–Crippen MR) is 186 cm³/mol. The number of aromatic nitrogens is 1. The Morgan fingerprint density at radius 2 is 1.04 bits per heavy atom. The van der Waals surface area contributed by atoms with Crippen LogP contribution in [0.2, 0.25) is 0 Å². The monoisotopic (exact) mass is 597 g/mol. The van der Waals surface area contributed by atoms with Gasteiger partial charge in [-0.25, -0.2) is 0 Å². The van der Waals surface area contributed by atoms with Crippen molar-refractivity contribution in [1.82, 2.24) is 4.57 Å². The van der Waals surface area contributed by atoms with Gasteiger partial charge in [0.15, 0.2) is 0 Å². The van der Waals surface area contributed by atoms with Crippen LogP contribution in [0.1, 0.15) is 23.0 Å². The molecule has 4 nitrogen and oxygen atoms in total. The summed E-state index contributed by atoms with van der Waals surface area (Å²) in [6, 6.07) is 46.6. The van der Waals surface area contributed by atoms with Crippen LogP contribution in [-0.2, 0) is 9.47 Å². The molecule has 2 aliphatic rings. The van der Waals surface area contributed by atoms with Gasteiger partial charge < -0.3 is 18.5 Å². The van der Waals surface area contributed by atoms with Crippen LogP contribution in [0.4, 0.5) is 0 Å². The largest absolute Gasteiger partial charge is 0.456 e. The molecule has 0 amide bonds. The molecule has 8 aromatic rings. The average Bonchev–Trinajstić information content (AvgIpc) is 3.58. The Bertz CT molecular complexity index is 2460. The Balaban J connectivity index is 1.06. The Morgan fingerprint density at radius 1 is 0.435 bits per heavy atom. The molecular weight excluding hydrogens is 566 g/mol. The van der Waals surface area contributed by atoms with Gasteiger partial charge in [0.1, 0.15) is 11.2 Å². The highest BCUT2D eigenvalue weighted by molar-refractivity contribution is 6.10. The molecular formula is C42H31NO3. The number of ether oxygens (including phenoxy) is 2. The van der Waals surface area contributed by atoms with Crippen LogP contribution in [0, 0.1) is 0 Å². The van der Waals surface area contributed by atoms with Crippen molar-refractivity contribution in [1.29, 1.82) is 0 Å². The summed E-state index contributed by atoms with van der Waals surface area (Å²) in [7, 11) is 0. The van der Waals surface area contributed by atoms with Crippen molar-refractivity contribution in [2.75, 3.05) is 26.4 Å². The lowest BCUT2D eigenvalue weighted by Gasteiger charge is -2.26. The molecule has 10 rings (SSSR count). The standard InChI is InChI=1S/C42H31NO3/c1-2-10-39-35(9-1)36-19-29(11-14-40(36)43(39)34-8-4-7-28(18-34)32-22-44-23-32)26-5-3-6-27(17-26)30-12-15-41-37(20-30)38-21-31(33-24-45-25-33)13-16-42(38)46-41/h1-21,32-33H,22-25H2. The van der Waals surface area contributed by atoms with Crippen molar-refractivity contribution in [2.45, 2.75) is 11.8 Å². The fourth-order valence-electron chi connectivity index (χ4n) is 7.31. The van der Waals surface area contributed by atoms with Crippen LogP contribution in [0.15, 0.2) is 132 Å². The van der Waals surface area contributed by atoms with Gasteiger partial charge >= 0.3 is 0 Å². The van der Waals surface area contributed by atoms with E-state index in [0.29, 0.717) is 11.8 Å². The first-order valence-corrected chi connectivity index (χ1v) is 16.1. The topological polar surface area (TPSA) is 36.5 Å². The molecule has 0 bridgehead atoms. The van der Waals surface area contributed by atoms with E-state index in [2.05, 4.69) is 132 Å². The molecule has 2 aliphatic heterocycles. The van der Waals surface area contributed by atoms with E-state index < -0.39 is 0 Å². The van der Waals surface area contributed by atoms with Crippen LogP contribution >= 0.6 is 0 Å². The van der Waals surface area contributed by atoms with E-state index in [1.165, 1.54) is 66.3 Å². The number of fused-ring (bicyclic) bond motifs is 6. The highest BCUT2D eigenvalue weighted by atomic mass is 16.5. The van der Waals surface area contributed by atoms with Gasteiger partial charge in [-0.1, -0.05) is 66.7 Å². The molecule has 2 saturated heterocycles. The molecule has 2 fully saturated rings. The summed E-state index contributed by atoms with van der Waals surface area (Å²) in [4.78, 5) is 0. The molecule has 0 N–H and O–H groups in total. The Labute approximate surface area is 266 Å². The predicted octanol–water partition coefficient (Wildman–Crippen LogP) is 10.2. The smallest absolute Gasteiger partial charge is 0.135 e. The molecule has 4 heteroatoms. The second kappa shape index (κ2) is 10.2. The number of hydrogen-bond donors (Lipinski definition) is 0. The third kappa shape index (κ3) is 4.07. The van der Waals surface area contributed by atoms with Gasteiger partial charge in [0.05, 0.1) is 37.5 Å².